The van der Waals surface area contributed by atoms with Crippen LogP contribution in [-0.4, -0.2) is 26.0 Å². The third kappa shape index (κ3) is 2.91. The smallest absolute Gasteiger partial charge is 0.371 e. The maximum atomic E-state index is 11.8. The van der Waals surface area contributed by atoms with Crippen LogP contribution in [0.1, 0.15) is 36.2 Å². The van der Waals surface area contributed by atoms with Gasteiger partial charge in [0.25, 0.3) is 10.0 Å². The Hall–Kier alpha value is -1.34. The van der Waals surface area contributed by atoms with E-state index in [1.54, 1.807) is 0 Å². The average molecular weight is 273 g/mol. The summed E-state index contributed by atoms with van der Waals surface area (Å²) in [5.41, 5.74) is 0. The van der Waals surface area contributed by atoms with Gasteiger partial charge in [-0.05, 0) is 30.9 Å². The number of rotatable bonds is 5. The van der Waals surface area contributed by atoms with E-state index in [-0.39, 0.29) is 10.9 Å². The molecule has 1 aliphatic carbocycles. The summed E-state index contributed by atoms with van der Waals surface area (Å²) in [6.07, 6.45) is 4.33. The molecule has 0 aliphatic heterocycles. The standard InChI is InChI=1S/C11H15NO5S/c13-11(14)9-5-6-10(17-9)18(15,16)12-7-8-3-1-2-4-8/h5-6,8,12H,1-4,7H2,(H,13,14). The zero-order valence-corrected chi connectivity index (χ0v) is 10.6. The lowest BCUT2D eigenvalue weighted by Gasteiger charge is -2.09. The van der Waals surface area contributed by atoms with Crippen LogP contribution in [0, 0.1) is 5.92 Å². The number of aromatic carboxylic acids is 1. The Morgan fingerprint density at radius 3 is 2.61 bits per heavy atom. The quantitative estimate of drug-likeness (QED) is 0.846. The third-order valence-electron chi connectivity index (χ3n) is 3.09. The molecular formula is C11H15NO5S. The van der Waals surface area contributed by atoms with Crippen LogP contribution >= 0.6 is 0 Å². The SMILES string of the molecule is O=C(O)c1ccc(S(=O)(=O)NCC2CCCC2)o1. The predicted octanol–water partition coefficient (Wildman–Crippen LogP) is 1.45. The van der Waals surface area contributed by atoms with Gasteiger partial charge in [-0.2, -0.15) is 0 Å². The highest BCUT2D eigenvalue weighted by Crippen LogP contribution is 2.24. The van der Waals surface area contributed by atoms with E-state index in [0.29, 0.717) is 12.5 Å². The molecule has 0 amide bonds. The third-order valence-corrected chi connectivity index (χ3v) is 4.39. The van der Waals surface area contributed by atoms with E-state index in [9.17, 15) is 13.2 Å². The molecule has 0 radical (unpaired) electrons. The largest absolute Gasteiger partial charge is 0.475 e. The molecule has 2 rings (SSSR count). The van der Waals surface area contributed by atoms with Gasteiger partial charge in [0.2, 0.25) is 10.9 Å². The van der Waals surface area contributed by atoms with E-state index in [4.69, 9.17) is 9.52 Å². The highest BCUT2D eigenvalue weighted by molar-refractivity contribution is 7.89. The van der Waals surface area contributed by atoms with E-state index < -0.39 is 16.0 Å². The minimum absolute atomic E-state index is 0.349. The fourth-order valence-corrected chi connectivity index (χ4v) is 3.14. The molecule has 1 aromatic heterocycles. The number of hydrogen-bond acceptors (Lipinski definition) is 4. The summed E-state index contributed by atoms with van der Waals surface area (Å²) in [6, 6.07) is 2.28. The molecule has 0 bridgehead atoms. The van der Waals surface area contributed by atoms with Crippen molar-refractivity contribution in [3.63, 3.8) is 0 Å². The van der Waals surface area contributed by atoms with Crippen LogP contribution in [0.25, 0.3) is 0 Å². The van der Waals surface area contributed by atoms with Crippen molar-refractivity contribution in [2.24, 2.45) is 5.92 Å². The Balaban J connectivity index is 2.02. The Kier molecular flexibility index (Phi) is 3.72. The van der Waals surface area contributed by atoms with Crippen molar-refractivity contribution >= 4 is 16.0 Å². The first-order valence-electron chi connectivity index (χ1n) is 5.82. The van der Waals surface area contributed by atoms with Gasteiger partial charge in [0, 0.05) is 6.54 Å². The zero-order chi connectivity index (χ0) is 13.2. The van der Waals surface area contributed by atoms with Crippen LogP contribution in [0.3, 0.4) is 0 Å². The first-order valence-corrected chi connectivity index (χ1v) is 7.30. The zero-order valence-electron chi connectivity index (χ0n) is 9.76. The maximum absolute atomic E-state index is 11.8. The number of nitrogens with one attached hydrogen (secondary N) is 1. The minimum atomic E-state index is -3.74. The number of carboxylic acids is 1. The first-order chi connectivity index (χ1) is 8.49. The number of sulfonamides is 1. The number of furan rings is 1. The normalized spacial score (nSPS) is 17.1. The fourth-order valence-electron chi connectivity index (χ4n) is 2.09. The van der Waals surface area contributed by atoms with Gasteiger partial charge >= 0.3 is 5.97 Å². The molecule has 1 aromatic rings. The van der Waals surface area contributed by atoms with Crippen molar-refractivity contribution in [3.8, 4) is 0 Å². The summed E-state index contributed by atoms with van der Waals surface area (Å²) in [7, 11) is -3.74. The Morgan fingerprint density at radius 1 is 1.39 bits per heavy atom. The lowest BCUT2D eigenvalue weighted by atomic mass is 10.1. The van der Waals surface area contributed by atoms with Crippen molar-refractivity contribution in [2.75, 3.05) is 6.54 Å². The molecule has 0 unspecified atom stereocenters. The second kappa shape index (κ2) is 5.11. The molecule has 6 nitrogen and oxygen atoms in total. The molecule has 1 aliphatic rings. The lowest BCUT2D eigenvalue weighted by Crippen LogP contribution is -2.28. The second-order valence-corrected chi connectivity index (χ2v) is 6.12. The van der Waals surface area contributed by atoms with E-state index in [0.717, 1.165) is 37.8 Å². The Bertz CT molecular complexity index is 527. The van der Waals surface area contributed by atoms with Gasteiger partial charge in [-0.15, -0.1) is 0 Å². The molecule has 0 spiro atoms. The van der Waals surface area contributed by atoms with Gasteiger partial charge in [0.1, 0.15) is 0 Å². The number of carboxylic acid groups (broad SMARTS) is 1. The van der Waals surface area contributed by atoms with E-state index in [1.165, 1.54) is 0 Å². The van der Waals surface area contributed by atoms with Gasteiger partial charge < -0.3 is 9.52 Å². The molecule has 100 valence electrons. The van der Waals surface area contributed by atoms with Crippen molar-refractivity contribution in [3.05, 3.63) is 17.9 Å². The molecule has 1 fully saturated rings. The van der Waals surface area contributed by atoms with Crippen LogP contribution in [-0.2, 0) is 10.0 Å². The minimum Gasteiger partial charge on any atom is -0.475 e. The average Bonchev–Trinajstić information content (AvgIpc) is 2.98. The molecule has 7 heteroatoms. The van der Waals surface area contributed by atoms with Crippen molar-refractivity contribution in [2.45, 2.75) is 30.8 Å². The topological polar surface area (TPSA) is 96.6 Å². The summed E-state index contributed by atoms with van der Waals surface area (Å²) in [6.45, 7) is 0.380. The summed E-state index contributed by atoms with van der Waals surface area (Å²) in [5.74, 6) is -1.29. The van der Waals surface area contributed by atoms with Gasteiger partial charge in [0.05, 0.1) is 0 Å². The van der Waals surface area contributed by atoms with Crippen LogP contribution in [0.4, 0.5) is 0 Å². The van der Waals surface area contributed by atoms with E-state index in [2.05, 4.69) is 4.72 Å². The molecule has 1 heterocycles. The summed E-state index contributed by atoms with van der Waals surface area (Å²) in [4.78, 5) is 10.6. The Morgan fingerprint density at radius 2 is 2.06 bits per heavy atom. The summed E-state index contributed by atoms with van der Waals surface area (Å²) < 4.78 is 30.9. The van der Waals surface area contributed by atoms with E-state index >= 15 is 0 Å². The van der Waals surface area contributed by atoms with E-state index in [1.807, 2.05) is 0 Å². The molecule has 18 heavy (non-hydrogen) atoms. The van der Waals surface area contributed by atoms with Gasteiger partial charge in [-0.3, -0.25) is 0 Å². The molecule has 2 N–H and O–H groups in total. The van der Waals surface area contributed by atoms with Gasteiger partial charge in [-0.1, -0.05) is 12.8 Å². The second-order valence-electron chi connectivity index (χ2n) is 4.43. The molecular weight excluding hydrogens is 258 g/mol. The van der Waals surface area contributed by atoms with Crippen molar-refractivity contribution in [1.29, 1.82) is 0 Å². The summed E-state index contributed by atoms with van der Waals surface area (Å²) in [5, 5.41) is 8.31. The Labute approximate surface area is 105 Å². The molecule has 0 aromatic carbocycles. The van der Waals surface area contributed by atoms with Crippen molar-refractivity contribution in [1.82, 2.24) is 4.72 Å². The lowest BCUT2D eigenvalue weighted by molar-refractivity contribution is 0.0656. The molecule has 0 saturated heterocycles. The molecule has 1 saturated carbocycles. The summed E-state index contributed by atoms with van der Waals surface area (Å²) >= 11 is 0. The fraction of sp³-hybridized carbons (Fsp3) is 0.545. The highest BCUT2D eigenvalue weighted by atomic mass is 32.2. The highest BCUT2D eigenvalue weighted by Gasteiger charge is 2.23. The van der Waals surface area contributed by atoms with Crippen molar-refractivity contribution < 1.29 is 22.7 Å². The number of hydrogen-bond donors (Lipinski definition) is 2. The van der Waals surface area contributed by atoms with Gasteiger partial charge in [-0.25, -0.2) is 17.9 Å². The predicted molar refractivity (Wildman–Crippen MR) is 62.8 cm³/mol. The molecule has 0 atom stereocenters. The maximum Gasteiger partial charge on any atom is 0.371 e. The first kappa shape index (κ1) is 13.1. The van der Waals surface area contributed by atoms with Crippen LogP contribution in [0.5, 0.6) is 0 Å². The number of carbonyl (C=O) groups is 1. The monoisotopic (exact) mass is 273 g/mol. The van der Waals surface area contributed by atoms with Crippen LogP contribution < -0.4 is 4.72 Å². The van der Waals surface area contributed by atoms with Gasteiger partial charge in [0.15, 0.2) is 0 Å². The van der Waals surface area contributed by atoms with Crippen LogP contribution in [0.15, 0.2) is 21.6 Å². The van der Waals surface area contributed by atoms with Crippen LogP contribution in [0.2, 0.25) is 0 Å².